The summed E-state index contributed by atoms with van der Waals surface area (Å²) in [6.07, 6.45) is 3.43. The molecule has 1 amide bonds. The van der Waals surface area contributed by atoms with Gasteiger partial charge in [-0.15, -0.1) is 0 Å². The quantitative estimate of drug-likeness (QED) is 0.656. The number of rotatable bonds is 5. The van der Waals surface area contributed by atoms with E-state index >= 15 is 0 Å². The molecule has 28 heavy (non-hydrogen) atoms. The topological polar surface area (TPSA) is 107 Å². The molecule has 1 unspecified atom stereocenters. The highest BCUT2D eigenvalue weighted by atomic mass is 79.9. The molecule has 0 spiro atoms. The van der Waals surface area contributed by atoms with E-state index in [1.807, 2.05) is 0 Å². The number of hydrogen-bond acceptors (Lipinski definition) is 5. The van der Waals surface area contributed by atoms with Gasteiger partial charge in [0.25, 0.3) is 5.91 Å². The van der Waals surface area contributed by atoms with E-state index in [4.69, 9.17) is 5.11 Å². The van der Waals surface area contributed by atoms with Crippen molar-refractivity contribution in [1.29, 1.82) is 0 Å². The molecule has 0 saturated heterocycles. The minimum Gasteiger partial charge on any atom is -0.478 e. The summed E-state index contributed by atoms with van der Waals surface area (Å²) in [6.45, 7) is 0.102. The molecule has 0 radical (unpaired) electrons. The van der Waals surface area contributed by atoms with Gasteiger partial charge in [-0.05, 0) is 29.8 Å². The lowest BCUT2D eigenvalue weighted by Crippen LogP contribution is -2.50. The Bertz CT molecular complexity index is 1060. The molecule has 2 bridgehead atoms. The third-order valence-corrected chi connectivity index (χ3v) is 5.21. The number of ketones is 1. The minimum absolute atomic E-state index is 0.00240. The standard InChI is InChI=1S/C20H15BrN2O5/c21-12-7-11(20(27)28)8-13(9-12)23-15-4-2-10-1-3-14(22-5-6-24)17(19(23)26)16(10)18(15)25/h1-4,7-9,15,22,24H,5-6H2,(H,27,28). The summed E-state index contributed by atoms with van der Waals surface area (Å²) >= 11 is 3.27. The maximum Gasteiger partial charge on any atom is 0.335 e. The Morgan fingerprint density at radius 3 is 2.68 bits per heavy atom. The summed E-state index contributed by atoms with van der Waals surface area (Å²) in [5.41, 5.74) is 2.02. The highest BCUT2D eigenvalue weighted by Gasteiger charge is 2.43. The number of anilines is 2. The average Bonchev–Trinajstić information content (AvgIpc) is 2.66. The van der Waals surface area contributed by atoms with Crippen LogP contribution < -0.4 is 10.2 Å². The number of carboxylic acids is 1. The molecule has 2 aromatic rings. The molecule has 2 aromatic carbocycles. The second kappa shape index (κ2) is 6.88. The highest BCUT2D eigenvalue weighted by molar-refractivity contribution is 9.10. The first-order valence-electron chi connectivity index (χ1n) is 8.54. The Balaban J connectivity index is 1.91. The van der Waals surface area contributed by atoms with Gasteiger partial charge in [-0.25, -0.2) is 4.79 Å². The Kier molecular flexibility index (Phi) is 4.52. The van der Waals surface area contributed by atoms with Crippen molar-refractivity contribution in [3.8, 4) is 0 Å². The number of hydrogen-bond donors (Lipinski definition) is 3. The second-order valence-corrected chi connectivity index (χ2v) is 7.37. The number of carboxylic acid groups (broad SMARTS) is 1. The molecule has 1 atom stereocenters. The van der Waals surface area contributed by atoms with Crippen molar-refractivity contribution in [2.24, 2.45) is 0 Å². The van der Waals surface area contributed by atoms with Crippen molar-refractivity contribution in [1.82, 2.24) is 0 Å². The van der Waals surface area contributed by atoms with Crippen molar-refractivity contribution >= 4 is 51.0 Å². The molecule has 7 nitrogen and oxygen atoms in total. The largest absolute Gasteiger partial charge is 0.478 e. The Morgan fingerprint density at radius 1 is 1.18 bits per heavy atom. The lowest BCUT2D eigenvalue weighted by atomic mass is 9.83. The number of benzene rings is 2. The number of Topliss-reactive ketones (excluding diaryl/α,β-unsaturated/α-hetero) is 1. The monoisotopic (exact) mass is 442 g/mol. The first-order valence-corrected chi connectivity index (χ1v) is 9.33. The van der Waals surface area contributed by atoms with Gasteiger partial charge in [0.05, 0.1) is 17.7 Å². The fraction of sp³-hybridized carbons (Fsp3) is 0.150. The van der Waals surface area contributed by atoms with E-state index < -0.39 is 17.9 Å². The van der Waals surface area contributed by atoms with E-state index in [9.17, 15) is 19.5 Å². The van der Waals surface area contributed by atoms with Crippen LogP contribution in [0.25, 0.3) is 6.08 Å². The molecular weight excluding hydrogens is 428 g/mol. The zero-order valence-electron chi connectivity index (χ0n) is 14.5. The van der Waals surface area contributed by atoms with Crippen LogP contribution in [0, 0.1) is 0 Å². The highest BCUT2D eigenvalue weighted by Crippen LogP contribution is 2.39. The summed E-state index contributed by atoms with van der Waals surface area (Å²) in [5.74, 6) is -1.76. The van der Waals surface area contributed by atoms with Crippen LogP contribution in [0.1, 0.15) is 36.6 Å². The maximum atomic E-state index is 13.4. The van der Waals surface area contributed by atoms with Crippen LogP contribution in [0.3, 0.4) is 0 Å². The second-order valence-electron chi connectivity index (χ2n) is 6.45. The summed E-state index contributed by atoms with van der Waals surface area (Å²) in [6, 6.07) is 7.03. The van der Waals surface area contributed by atoms with Crippen LogP contribution in [-0.4, -0.2) is 47.1 Å². The summed E-state index contributed by atoms with van der Waals surface area (Å²) in [5, 5.41) is 21.4. The minimum atomic E-state index is -1.13. The number of amides is 1. The van der Waals surface area contributed by atoms with Crippen molar-refractivity contribution in [2.45, 2.75) is 6.04 Å². The van der Waals surface area contributed by atoms with E-state index in [1.165, 1.54) is 17.0 Å². The van der Waals surface area contributed by atoms with Gasteiger partial charge < -0.3 is 15.5 Å². The molecule has 1 aliphatic carbocycles. The molecule has 142 valence electrons. The van der Waals surface area contributed by atoms with Crippen molar-refractivity contribution in [3.63, 3.8) is 0 Å². The van der Waals surface area contributed by atoms with Gasteiger partial charge in [0.15, 0.2) is 5.78 Å². The smallest absolute Gasteiger partial charge is 0.335 e. The average molecular weight is 443 g/mol. The van der Waals surface area contributed by atoms with Crippen LogP contribution in [-0.2, 0) is 0 Å². The Morgan fingerprint density at radius 2 is 1.96 bits per heavy atom. The van der Waals surface area contributed by atoms with Crippen LogP contribution in [0.2, 0.25) is 0 Å². The molecular formula is C20H15BrN2O5. The van der Waals surface area contributed by atoms with Gasteiger partial charge >= 0.3 is 5.97 Å². The predicted molar refractivity (Wildman–Crippen MR) is 107 cm³/mol. The fourth-order valence-corrected chi connectivity index (χ4v) is 4.06. The van der Waals surface area contributed by atoms with Crippen molar-refractivity contribution in [2.75, 3.05) is 23.4 Å². The maximum absolute atomic E-state index is 13.4. The lowest BCUT2D eigenvalue weighted by Gasteiger charge is -2.37. The molecule has 2 aliphatic rings. The van der Waals surface area contributed by atoms with E-state index in [-0.39, 0.29) is 30.1 Å². The molecule has 0 fully saturated rings. The van der Waals surface area contributed by atoms with Crippen molar-refractivity contribution < 1.29 is 24.6 Å². The van der Waals surface area contributed by atoms with Crippen LogP contribution in [0.15, 0.2) is 40.9 Å². The zero-order valence-corrected chi connectivity index (χ0v) is 16.1. The number of halogens is 1. The molecule has 3 N–H and O–H groups in total. The van der Waals surface area contributed by atoms with E-state index in [1.54, 1.807) is 30.4 Å². The normalized spacial score (nSPS) is 17.1. The Hall–Kier alpha value is -2.97. The molecule has 0 aromatic heterocycles. The van der Waals surface area contributed by atoms with Gasteiger partial charge in [-0.3, -0.25) is 14.5 Å². The van der Waals surface area contributed by atoms with Gasteiger partial charge in [0, 0.05) is 28.0 Å². The van der Waals surface area contributed by atoms with E-state index in [2.05, 4.69) is 21.2 Å². The van der Waals surface area contributed by atoms with Gasteiger partial charge in [-0.1, -0.05) is 34.1 Å². The third-order valence-electron chi connectivity index (χ3n) is 4.76. The molecule has 0 saturated carbocycles. The number of aromatic carboxylic acids is 1. The van der Waals surface area contributed by atoms with Crippen LogP contribution in [0.4, 0.5) is 11.4 Å². The van der Waals surface area contributed by atoms with E-state index in [0.717, 1.165) is 0 Å². The number of nitrogens with one attached hydrogen (secondary N) is 1. The molecule has 1 heterocycles. The molecule has 4 rings (SSSR count). The van der Waals surface area contributed by atoms with Gasteiger partial charge in [-0.2, -0.15) is 0 Å². The summed E-state index contributed by atoms with van der Waals surface area (Å²) in [4.78, 5) is 39.2. The van der Waals surface area contributed by atoms with Gasteiger partial charge in [0.2, 0.25) is 0 Å². The fourth-order valence-electron chi connectivity index (χ4n) is 3.58. The SMILES string of the molecule is O=C(O)c1cc(Br)cc(N2C(=O)c3c(NCCO)ccc4c3C(=O)C2C=C4)c1. The zero-order chi connectivity index (χ0) is 20.0. The first kappa shape index (κ1) is 18.4. The van der Waals surface area contributed by atoms with Gasteiger partial charge in [0.1, 0.15) is 6.04 Å². The van der Waals surface area contributed by atoms with Crippen LogP contribution >= 0.6 is 15.9 Å². The molecule has 8 heteroatoms. The Labute approximate surface area is 168 Å². The summed E-state index contributed by atoms with van der Waals surface area (Å²) in [7, 11) is 0. The number of aliphatic hydroxyl groups is 1. The molecule has 1 aliphatic heterocycles. The number of carbonyl (C=O) groups is 3. The number of carbonyl (C=O) groups excluding carboxylic acids is 2. The lowest BCUT2D eigenvalue weighted by molar-refractivity contribution is 0.0696. The number of nitrogens with zero attached hydrogens (tertiary/aromatic N) is 1. The number of fused-ring (bicyclic) bond motifs is 1. The number of aliphatic hydroxyl groups excluding tert-OH is 1. The third kappa shape index (κ3) is 2.81. The predicted octanol–water partition coefficient (Wildman–Crippen LogP) is 2.79. The van der Waals surface area contributed by atoms with Crippen molar-refractivity contribution in [3.05, 3.63) is 63.1 Å². The summed E-state index contributed by atoms with van der Waals surface area (Å²) < 4.78 is 0.487. The van der Waals surface area contributed by atoms with Crippen LogP contribution in [0.5, 0.6) is 0 Å². The van der Waals surface area contributed by atoms with E-state index in [0.29, 0.717) is 27.0 Å². The first-order chi connectivity index (χ1) is 13.4.